The van der Waals surface area contributed by atoms with Gasteiger partial charge in [-0.05, 0) is 4.57 Å². The fourth-order valence-corrected chi connectivity index (χ4v) is 0. The summed E-state index contributed by atoms with van der Waals surface area (Å²) >= 11 is 0. The van der Waals surface area contributed by atoms with Crippen molar-refractivity contribution in [3.05, 3.63) is 0 Å². The minimum atomic E-state index is -2.21. The standard InChI is InChI=1S/C3H8NO2P/c1-3(2,4)7(5)6/h4H2,1-2H3/p+1. The molecule has 0 spiro atoms. The van der Waals surface area contributed by atoms with Crippen LogP contribution in [0.1, 0.15) is 13.8 Å². The summed E-state index contributed by atoms with van der Waals surface area (Å²) in [6.07, 6.45) is 0. The molecule has 0 fully saturated rings. The first-order valence-electron chi connectivity index (χ1n) is 1.89. The van der Waals surface area contributed by atoms with Crippen LogP contribution in [0.3, 0.4) is 0 Å². The van der Waals surface area contributed by atoms with Gasteiger partial charge >= 0.3 is 8.03 Å². The summed E-state index contributed by atoms with van der Waals surface area (Å²) in [4.78, 5) is 8.27. The lowest BCUT2D eigenvalue weighted by molar-refractivity contribution is 0.467. The summed E-state index contributed by atoms with van der Waals surface area (Å²) in [7, 11) is -2.21. The first-order chi connectivity index (χ1) is 2.94. The minimum absolute atomic E-state index is 0.935. The van der Waals surface area contributed by atoms with Gasteiger partial charge in [0.05, 0.1) is 0 Å². The average molecular weight is 122 g/mol. The van der Waals surface area contributed by atoms with Crippen molar-refractivity contribution >= 4 is 8.03 Å². The van der Waals surface area contributed by atoms with Gasteiger partial charge in [-0.2, -0.15) is 4.89 Å². The molecule has 0 aromatic heterocycles. The smallest absolute Gasteiger partial charge is 0.283 e. The molecule has 42 valence electrons. The molecule has 0 saturated carbocycles. The van der Waals surface area contributed by atoms with E-state index in [1.807, 2.05) is 0 Å². The molecule has 0 aliphatic rings. The average Bonchev–Trinajstić information content (AvgIpc) is 1.31. The molecule has 0 saturated heterocycles. The molecule has 7 heavy (non-hydrogen) atoms. The zero-order chi connectivity index (χ0) is 6.08. The Morgan fingerprint density at radius 2 is 1.86 bits per heavy atom. The highest BCUT2D eigenvalue weighted by Gasteiger charge is 2.33. The normalized spacial score (nSPS) is 14.0. The Labute approximate surface area is 43.4 Å². The van der Waals surface area contributed by atoms with Gasteiger partial charge in [0.1, 0.15) is 0 Å². The molecular formula is C3H9NO2P+. The van der Waals surface area contributed by atoms with Crippen LogP contribution in [0.5, 0.6) is 0 Å². The molecule has 1 atom stereocenters. The summed E-state index contributed by atoms with van der Waals surface area (Å²) in [6.45, 7) is 3.01. The maximum Gasteiger partial charge on any atom is 0.527 e. The molecule has 0 heterocycles. The Morgan fingerprint density at radius 1 is 1.71 bits per heavy atom. The molecular weight excluding hydrogens is 113 g/mol. The van der Waals surface area contributed by atoms with Crippen molar-refractivity contribution in [3.63, 3.8) is 0 Å². The Kier molecular flexibility index (Phi) is 1.87. The predicted molar refractivity (Wildman–Crippen MR) is 28.1 cm³/mol. The van der Waals surface area contributed by atoms with Gasteiger partial charge in [-0.15, -0.1) is 0 Å². The fraction of sp³-hybridized carbons (Fsp3) is 1.00. The van der Waals surface area contributed by atoms with Gasteiger partial charge in [-0.1, -0.05) is 0 Å². The SMILES string of the molecule is CC(C)(N)[P+](=O)O. The first kappa shape index (κ1) is 7.02. The van der Waals surface area contributed by atoms with Gasteiger partial charge in [0.2, 0.25) is 5.28 Å². The quantitative estimate of drug-likeness (QED) is 0.495. The highest BCUT2D eigenvalue weighted by Crippen LogP contribution is 2.27. The molecule has 1 unspecified atom stereocenters. The molecule has 0 aliphatic heterocycles. The highest BCUT2D eigenvalue weighted by atomic mass is 31.1. The number of hydrogen-bond acceptors (Lipinski definition) is 2. The van der Waals surface area contributed by atoms with Crippen LogP contribution < -0.4 is 5.73 Å². The van der Waals surface area contributed by atoms with Crippen molar-refractivity contribution < 1.29 is 9.46 Å². The van der Waals surface area contributed by atoms with Crippen LogP contribution in [0, 0.1) is 0 Å². The van der Waals surface area contributed by atoms with Crippen LogP contribution in [0.4, 0.5) is 0 Å². The lowest BCUT2D eigenvalue weighted by atomic mass is 10.4. The summed E-state index contributed by atoms with van der Waals surface area (Å²) in [5, 5.41) is -0.935. The van der Waals surface area contributed by atoms with Gasteiger partial charge in [-0.25, -0.2) is 0 Å². The van der Waals surface area contributed by atoms with Gasteiger partial charge in [0.25, 0.3) is 0 Å². The van der Waals surface area contributed by atoms with E-state index in [1.54, 1.807) is 0 Å². The first-order valence-corrected chi connectivity index (χ1v) is 3.11. The van der Waals surface area contributed by atoms with E-state index in [4.69, 9.17) is 10.6 Å². The molecule has 0 aliphatic carbocycles. The van der Waals surface area contributed by atoms with E-state index in [-0.39, 0.29) is 0 Å². The lowest BCUT2D eigenvalue weighted by Gasteiger charge is -1.96. The van der Waals surface area contributed by atoms with Crippen molar-refractivity contribution in [3.8, 4) is 0 Å². The molecule has 4 heteroatoms. The van der Waals surface area contributed by atoms with Crippen LogP contribution in [0.2, 0.25) is 0 Å². The zero-order valence-corrected chi connectivity index (χ0v) is 5.27. The van der Waals surface area contributed by atoms with Crippen LogP contribution in [-0.4, -0.2) is 10.2 Å². The monoisotopic (exact) mass is 122 g/mol. The zero-order valence-electron chi connectivity index (χ0n) is 4.38. The predicted octanol–water partition coefficient (Wildman–Crippen LogP) is 0.416. The second kappa shape index (κ2) is 1.86. The second-order valence-electron chi connectivity index (χ2n) is 1.93. The molecule has 0 rings (SSSR count). The van der Waals surface area contributed by atoms with E-state index in [2.05, 4.69) is 0 Å². The number of rotatable bonds is 1. The van der Waals surface area contributed by atoms with E-state index < -0.39 is 13.3 Å². The van der Waals surface area contributed by atoms with Crippen LogP contribution >= 0.6 is 8.03 Å². The molecule has 3 N–H and O–H groups in total. The third-order valence-corrected chi connectivity index (χ3v) is 1.48. The topological polar surface area (TPSA) is 63.3 Å². The van der Waals surface area contributed by atoms with Crippen LogP contribution in [-0.2, 0) is 4.57 Å². The summed E-state index contributed by atoms with van der Waals surface area (Å²) in [5.41, 5.74) is 5.14. The van der Waals surface area contributed by atoms with Crippen molar-refractivity contribution in [1.29, 1.82) is 0 Å². The molecule has 0 bridgehead atoms. The van der Waals surface area contributed by atoms with Gasteiger partial charge < -0.3 is 0 Å². The molecule has 3 nitrogen and oxygen atoms in total. The van der Waals surface area contributed by atoms with Crippen LogP contribution in [0.25, 0.3) is 0 Å². The maximum atomic E-state index is 10.0. The Hall–Kier alpha value is 0.0200. The van der Waals surface area contributed by atoms with Crippen molar-refractivity contribution in [1.82, 2.24) is 0 Å². The number of hydrogen-bond donors (Lipinski definition) is 2. The van der Waals surface area contributed by atoms with Gasteiger partial charge in [-0.3, -0.25) is 5.73 Å². The summed E-state index contributed by atoms with van der Waals surface area (Å²) in [6, 6.07) is 0. The molecule has 0 radical (unpaired) electrons. The molecule has 0 aromatic carbocycles. The van der Waals surface area contributed by atoms with Crippen molar-refractivity contribution in [2.75, 3.05) is 0 Å². The number of nitrogens with two attached hydrogens (primary N) is 1. The molecule has 0 aromatic rings. The lowest BCUT2D eigenvalue weighted by Crippen LogP contribution is -2.26. The van der Waals surface area contributed by atoms with E-state index in [9.17, 15) is 4.57 Å². The highest BCUT2D eigenvalue weighted by molar-refractivity contribution is 7.39. The van der Waals surface area contributed by atoms with E-state index >= 15 is 0 Å². The third kappa shape index (κ3) is 2.68. The van der Waals surface area contributed by atoms with E-state index in [1.165, 1.54) is 13.8 Å². The maximum absolute atomic E-state index is 10.0. The van der Waals surface area contributed by atoms with E-state index in [0.717, 1.165) is 0 Å². The largest absolute Gasteiger partial charge is 0.527 e. The fourth-order valence-electron chi connectivity index (χ4n) is 0. The summed E-state index contributed by atoms with van der Waals surface area (Å²) < 4.78 is 10.0. The van der Waals surface area contributed by atoms with Gasteiger partial charge in [0, 0.05) is 13.8 Å². The minimum Gasteiger partial charge on any atom is -0.283 e. The molecule has 0 amide bonds. The Morgan fingerprint density at radius 3 is 1.86 bits per heavy atom. The van der Waals surface area contributed by atoms with Crippen molar-refractivity contribution in [2.24, 2.45) is 5.73 Å². The van der Waals surface area contributed by atoms with E-state index in [0.29, 0.717) is 0 Å². The van der Waals surface area contributed by atoms with Crippen LogP contribution in [0.15, 0.2) is 0 Å². The summed E-state index contributed by atoms with van der Waals surface area (Å²) in [5.74, 6) is 0. The van der Waals surface area contributed by atoms with Crippen molar-refractivity contribution in [2.45, 2.75) is 19.1 Å². The second-order valence-corrected chi connectivity index (χ2v) is 3.63. The Bertz CT molecular complexity index is 85.4. The van der Waals surface area contributed by atoms with Gasteiger partial charge in [0.15, 0.2) is 0 Å². The third-order valence-electron chi connectivity index (χ3n) is 0.493. The Balaban J connectivity index is 3.79.